The molecule has 1 N–H and O–H groups in total. The van der Waals surface area contributed by atoms with Crippen LogP contribution >= 0.6 is 11.6 Å². The zero-order valence-electron chi connectivity index (χ0n) is 10.9. The molecular formula is C12H16ClN5O. The summed E-state index contributed by atoms with van der Waals surface area (Å²) in [6, 6.07) is 5.48. The number of benzene rings is 1. The Balaban J connectivity index is 2.03. The number of tetrazole rings is 1. The maximum Gasteiger partial charge on any atom is 0.263 e. The molecule has 1 aromatic heterocycles. The van der Waals surface area contributed by atoms with E-state index in [0.29, 0.717) is 17.5 Å². The highest BCUT2D eigenvalue weighted by Crippen LogP contribution is 2.23. The summed E-state index contributed by atoms with van der Waals surface area (Å²) in [5.74, 6) is 1.27. The molecule has 0 aliphatic carbocycles. The molecular weight excluding hydrogens is 266 g/mol. The Labute approximate surface area is 116 Å². The Kier molecular flexibility index (Phi) is 4.57. The van der Waals surface area contributed by atoms with Gasteiger partial charge in [0.25, 0.3) is 5.95 Å². The van der Waals surface area contributed by atoms with E-state index >= 15 is 0 Å². The lowest BCUT2D eigenvalue weighted by atomic mass is 10.2. The lowest BCUT2D eigenvalue weighted by Gasteiger charge is -2.08. The molecule has 2 aromatic rings. The van der Waals surface area contributed by atoms with E-state index in [9.17, 15) is 0 Å². The summed E-state index contributed by atoms with van der Waals surface area (Å²) in [7, 11) is 1.63. The fraction of sp³-hybridized carbons (Fsp3) is 0.417. The summed E-state index contributed by atoms with van der Waals surface area (Å²) in [6.45, 7) is 3.35. The van der Waals surface area contributed by atoms with E-state index < -0.39 is 0 Å². The minimum Gasteiger partial charge on any atom is -0.496 e. The number of hydrogen-bond acceptors (Lipinski definition) is 5. The number of methoxy groups -OCH3 is 1. The van der Waals surface area contributed by atoms with E-state index in [2.05, 4.69) is 27.7 Å². The quantitative estimate of drug-likeness (QED) is 0.880. The van der Waals surface area contributed by atoms with E-state index in [-0.39, 0.29) is 0 Å². The van der Waals surface area contributed by atoms with E-state index in [1.54, 1.807) is 18.0 Å². The van der Waals surface area contributed by atoms with Crippen LogP contribution in [-0.4, -0.2) is 27.3 Å². The first-order valence-electron chi connectivity index (χ1n) is 6.07. The summed E-state index contributed by atoms with van der Waals surface area (Å²) in [5.41, 5.74) is 0.946. The van der Waals surface area contributed by atoms with Crippen LogP contribution < -0.4 is 10.1 Å². The van der Waals surface area contributed by atoms with Gasteiger partial charge in [-0.2, -0.15) is 4.80 Å². The third kappa shape index (κ3) is 3.57. The molecule has 0 spiro atoms. The summed E-state index contributed by atoms with van der Waals surface area (Å²) in [5, 5.41) is 15.8. The Hall–Kier alpha value is -1.82. The molecule has 0 fully saturated rings. The van der Waals surface area contributed by atoms with Gasteiger partial charge in [-0.25, -0.2) is 0 Å². The van der Waals surface area contributed by atoms with Gasteiger partial charge < -0.3 is 10.1 Å². The van der Waals surface area contributed by atoms with Gasteiger partial charge >= 0.3 is 0 Å². The van der Waals surface area contributed by atoms with Crippen LogP contribution in [0.1, 0.15) is 18.9 Å². The van der Waals surface area contributed by atoms with Crippen LogP contribution in [0.4, 0.5) is 5.95 Å². The monoisotopic (exact) mass is 281 g/mol. The molecule has 0 saturated carbocycles. The Morgan fingerprint density at radius 3 is 3.00 bits per heavy atom. The van der Waals surface area contributed by atoms with Crippen LogP contribution in [0.5, 0.6) is 5.75 Å². The SMILES string of the molecule is CCCn1nnc(NCc2cc(Cl)ccc2OC)n1. The van der Waals surface area contributed by atoms with Gasteiger partial charge in [0.2, 0.25) is 0 Å². The van der Waals surface area contributed by atoms with Crippen LogP contribution in [0.25, 0.3) is 0 Å². The predicted octanol–water partition coefficient (Wildman–Crippen LogP) is 2.36. The van der Waals surface area contributed by atoms with Crippen molar-refractivity contribution in [3.63, 3.8) is 0 Å². The van der Waals surface area contributed by atoms with Crippen molar-refractivity contribution >= 4 is 17.5 Å². The number of anilines is 1. The van der Waals surface area contributed by atoms with E-state index in [4.69, 9.17) is 16.3 Å². The molecule has 0 unspecified atom stereocenters. The third-order valence-electron chi connectivity index (χ3n) is 2.56. The predicted molar refractivity (Wildman–Crippen MR) is 73.4 cm³/mol. The van der Waals surface area contributed by atoms with Crippen LogP contribution in [-0.2, 0) is 13.1 Å². The van der Waals surface area contributed by atoms with Crippen LogP contribution in [0.15, 0.2) is 18.2 Å². The molecule has 1 heterocycles. The van der Waals surface area contributed by atoms with Crippen molar-refractivity contribution in [2.45, 2.75) is 26.4 Å². The Morgan fingerprint density at radius 1 is 1.42 bits per heavy atom. The van der Waals surface area contributed by atoms with Gasteiger partial charge in [-0.3, -0.25) is 0 Å². The van der Waals surface area contributed by atoms with Gasteiger partial charge in [0.15, 0.2) is 0 Å². The smallest absolute Gasteiger partial charge is 0.263 e. The zero-order chi connectivity index (χ0) is 13.7. The number of halogens is 1. The van der Waals surface area contributed by atoms with Gasteiger partial charge in [0.1, 0.15) is 5.75 Å². The lowest BCUT2D eigenvalue weighted by Crippen LogP contribution is -2.04. The fourth-order valence-corrected chi connectivity index (χ4v) is 1.86. The number of aromatic nitrogens is 4. The second kappa shape index (κ2) is 6.38. The average molecular weight is 282 g/mol. The van der Waals surface area contributed by atoms with Crippen molar-refractivity contribution in [3.05, 3.63) is 28.8 Å². The van der Waals surface area contributed by atoms with Crippen LogP contribution in [0, 0.1) is 0 Å². The normalized spacial score (nSPS) is 10.5. The number of rotatable bonds is 6. The molecule has 6 nitrogen and oxygen atoms in total. The van der Waals surface area contributed by atoms with E-state index in [1.807, 2.05) is 12.1 Å². The largest absolute Gasteiger partial charge is 0.496 e. The number of ether oxygens (including phenoxy) is 1. The minimum atomic E-state index is 0.496. The molecule has 0 aliphatic heterocycles. The Bertz CT molecular complexity index is 543. The van der Waals surface area contributed by atoms with Crippen molar-refractivity contribution in [3.8, 4) is 5.75 Å². The molecule has 2 rings (SSSR count). The second-order valence-corrected chi connectivity index (χ2v) is 4.46. The van der Waals surface area contributed by atoms with Crippen LogP contribution in [0.3, 0.4) is 0 Å². The second-order valence-electron chi connectivity index (χ2n) is 4.02. The minimum absolute atomic E-state index is 0.496. The topological polar surface area (TPSA) is 64.9 Å². The van der Waals surface area contributed by atoms with E-state index in [1.165, 1.54) is 0 Å². The molecule has 0 aliphatic rings. The summed E-state index contributed by atoms with van der Waals surface area (Å²) in [6.07, 6.45) is 0.970. The summed E-state index contributed by atoms with van der Waals surface area (Å²) < 4.78 is 5.27. The first-order chi connectivity index (χ1) is 9.22. The molecule has 102 valence electrons. The average Bonchev–Trinajstić information content (AvgIpc) is 2.85. The van der Waals surface area contributed by atoms with Crippen molar-refractivity contribution < 1.29 is 4.74 Å². The van der Waals surface area contributed by atoms with E-state index in [0.717, 1.165) is 24.3 Å². The molecule has 0 saturated heterocycles. The van der Waals surface area contributed by atoms with Gasteiger partial charge in [0.05, 0.1) is 13.7 Å². The molecule has 0 atom stereocenters. The third-order valence-corrected chi connectivity index (χ3v) is 2.79. The first kappa shape index (κ1) is 13.6. The highest BCUT2D eigenvalue weighted by molar-refractivity contribution is 6.30. The van der Waals surface area contributed by atoms with Gasteiger partial charge in [0, 0.05) is 17.1 Å². The first-order valence-corrected chi connectivity index (χ1v) is 6.45. The van der Waals surface area contributed by atoms with Crippen molar-refractivity contribution in [1.82, 2.24) is 20.2 Å². The molecule has 0 amide bonds. The number of aryl methyl sites for hydroxylation is 1. The molecule has 7 heteroatoms. The summed E-state index contributed by atoms with van der Waals surface area (Å²) >= 11 is 5.97. The standard InChI is InChI=1S/C12H16ClN5O/c1-3-6-18-16-12(15-17-18)14-8-9-7-10(13)4-5-11(9)19-2/h4-5,7H,3,6,8H2,1-2H3,(H,14,16). The fourth-order valence-electron chi connectivity index (χ4n) is 1.67. The number of nitrogens with zero attached hydrogens (tertiary/aromatic N) is 4. The zero-order valence-corrected chi connectivity index (χ0v) is 11.7. The number of nitrogens with one attached hydrogen (secondary N) is 1. The van der Waals surface area contributed by atoms with Crippen molar-refractivity contribution in [2.24, 2.45) is 0 Å². The molecule has 1 aromatic carbocycles. The van der Waals surface area contributed by atoms with Gasteiger partial charge in [-0.1, -0.05) is 23.6 Å². The maximum absolute atomic E-state index is 5.97. The highest BCUT2D eigenvalue weighted by atomic mass is 35.5. The molecule has 0 radical (unpaired) electrons. The number of hydrogen-bond donors (Lipinski definition) is 1. The molecule has 19 heavy (non-hydrogen) atoms. The van der Waals surface area contributed by atoms with Crippen LogP contribution in [0.2, 0.25) is 5.02 Å². The maximum atomic E-state index is 5.97. The highest BCUT2D eigenvalue weighted by Gasteiger charge is 2.06. The van der Waals surface area contributed by atoms with Crippen molar-refractivity contribution in [1.29, 1.82) is 0 Å². The van der Waals surface area contributed by atoms with Gasteiger partial charge in [-0.15, -0.1) is 5.10 Å². The lowest BCUT2D eigenvalue weighted by molar-refractivity contribution is 0.410. The molecule has 0 bridgehead atoms. The summed E-state index contributed by atoms with van der Waals surface area (Å²) in [4.78, 5) is 1.57. The Morgan fingerprint density at radius 2 is 2.26 bits per heavy atom. The van der Waals surface area contributed by atoms with Crippen molar-refractivity contribution in [2.75, 3.05) is 12.4 Å². The van der Waals surface area contributed by atoms with Gasteiger partial charge in [-0.05, 0) is 29.8 Å².